The van der Waals surface area contributed by atoms with Crippen LogP contribution in [0.15, 0.2) is 29.0 Å². The summed E-state index contributed by atoms with van der Waals surface area (Å²) in [6.45, 7) is 3.81. The summed E-state index contributed by atoms with van der Waals surface area (Å²) in [5, 5.41) is 4.08. The van der Waals surface area contributed by atoms with Gasteiger partial charge in [-0.3, -0.25) is 11.3 Å². The van der Waals surface area contributed by atoms with E-state index in [0.717, 1.165) is 11.1 Å². The van der Waals surface area contributed by atoms with E-state index in [1.807, 2.05) is 31.4 Å². The highest BCUT2D eigenvalue weighted by Gasteiger charge is 2.18. The van der Waals surface area contributed by atoms with Gasteiger partial charge in [-0.2, -0.15) is 11.3 Å². The van der Waals surface area contributed by atoms with E-state index in [1.54, 1.807) is 17.4 Å². The fourth-order valence-electron chi connectivity index (χ4n) is 2.26. The maximum absolute atomic E-state index is 14.1. The highest BCUT2D eigenvalue weighted by Crippen LogP contribution is 2.26. The standard InChI is InChI=1S/C14H17FN2S/c1-9-5-10(2)14(12(15)6-9)13(17-16)7-11-3-4-18-8-11/h3-6,8,13,17H,7,16H2,1-2H3. The zero-order valence-corrected chi connectivity index (χ0v) is 11.4. The van der Waals surface area contributed by atoms with Gasteiger partial charge in [-0.05, 0) is 59.9 Å². The average molecular weight is 264 g/mol. The maximum Gasteiger partial charge on any atom is 0.128 e. The molecule has 1 atom stereocenters. The largest absolute Gasteiger partial charge is 0.271 e. The first-order valence-electron chi connectivity index (χ1n) is 5.85. The van der Waals surface area contributed by atoms with Gasteiger partial charge < -0.3 is 0 Å². The van der Waals surface area contributed by atoms with Crippen LogP contribution in [0.2, 0.25) is 0 Å². The Labute approximate surface area is 111 Å². The number of halogens is 1. The topological polar surface area (TPSA) is 38.0 Å². The maximum atomic E-state index is 14.1. The van der Waals surface area contributed by atoms with E-state index in [9.17, 15) is 4.39 Å². The van der Waals surface area contributed by atoms with Crippen molar-refractivity contribution in [3.8, 4) is 0 Å². The smallest absolute Gasteiger partial charge is 0.128 e. The first-order valence-corrected chi connectivity index (χ1v) is 6.80. The van der Waals surface area contributed by atoms with Gasteiger partial charge in [-0.1, -0.05) is 6.07 Å². The Hall–Kier alpha value is -1.23. The number of hydrogen-bond donors (Lipinski definition) is 2. The van der Waals surface area contributed by atoms with Gasteiger partial charge >= 0.3 is 0 Å². The molecule has 1 unspecified atom stereocenters. The Bertz CT molecular complexity index is 500. The molecule has 0 aliphatic carbocycles. The van der Waals surface area contributed by atoms with E-state index < -0.39 is 0 Å². The molecular formula is C14H17FN2S. The van der Waals surface area contributed by atoms with Crippen LogP contribution in [0, 0.1) is 19.7 Å². The van der Waals surface area contributed by atoms with Crippen LogP contribution < -0.4 is 11.3 Å². The lowest BCUT2D eigenvalue weighted by Gasteiger charge is -2.19. The fraction of sp³-hybridized carbons (Fsp3) is 0.286. The quantitative estimate of drug-likeness (QED) is 0.657. The molecule has 1 aromatic carbocycles. The van der Waals surface area contributed by atoms with Crippen molar-refractivity contribution < 1.29 is 4.39 Å². The summed E-state index contributed by atoms with van der Waals surface area (Å²) in [6, 6.07) is 5.38. The second-order valence-electron chi connectivity index (χ2n) is 4.53. The molecule has 0 spiro atoms. The average Bonchev–Trinajstić information content (AvgIpc) is 2.79. The predicted molar refractivity (Wildman–Crippen MR) is 74.0 cm³/mol. The summed E-state index contributed by atoms with van der Waals surface area (Å²) in [6.07, 6.45) is 0.695. The van der Waals surface area contributed by atoms with Crippen molar-refractivity contribution in [1.29, 1.82) is 0 Å². The van der Waals surface area contributed by atoms with E-state index in [0.29, 0.717) is 12.0 Å². The zero-order valence-electron chi connectivity index (χ0n) is 10.5. The molecule has 0 aliphatic heterocycles. The summed E-state index contributed by atoms with van der Waals surface area (Å²) < 4.78 is 14.1. The van der Waals surface area contributed by atoms with Gasteiger partial charge in [0, 0.05) is 5.56 Å². The van der Waals surface area contributed by atoms with Crippen LogP contribution in [-0.4, -0.2) is 0 Å². The molecule has 2 rings (SSSR count). The predicted octanol–water partition coefficient (Wildman–Crippen LogP) is 3.25. The molecule has 0 saturated carbocycles. The first kappa shape index (κ1) is 13.2. The number of benzene rings is 1. The molecular weight excluding hydrogens is 247 g/mol. The molecule has 4 heteroatoms. The first-order chi connectivity index (χ1) is 8.61. The van der Waals surface area contributed by atoms with E-state index in [1.165, 1.54) is 5.56 Å². The lowest BCUT2D eigenvalue weighted by Crippen LogP contribution is -2.30. The third-order valence-corrected chi connectivity index (χ3v) is 3.78. The van der Waals surface area contributed by atoms with Crippen molar-refractivity contribution in [3.05, 3.63) is 57.0 Å². The molecule has 0 amide bonds. The van der Waals surface area contributed by atoms with Crippen LogP contribution in [-0.2, 0) is 6.42 Å². The summed E-state index contributed by atoms with van der Waals surface area (Å²) in [5.74, 6) is 5.39. The van der Waals surface area contributed by atoms with Gasteiger partial charge in [-0.25, -0.2) is 4.39 Å². The molecule has 2 nitrogen and oxygen atoms in total. The molecule has 0 bridgehead atoms. The Kier molecular flexibility index (Phi) is 4.11. The molecule has 0 saturated heterocycles. The summed E-state index contributed by atoms with van der Waals surface area (Å²) in [4.78, 5) is 0. The molecule has 18 heavy (non-hydrogen) atoms. The number of thiophene rings is 1. The highest BCUT2D eigenvalue weighted by molar-refractivity contribution is 7.07. The molecule has 0 radical (unpaired) electrons. The number of hydrazine groups is 1. The molecule has 1 aromatic heterocycles. The van der Waals surface area contributed by atoms with Gasteiger partial charge in [-0.15, -0.1) is 0 Å². The monoisotopic (exact) mass is 264 g/mol. The van der Waals surface area contributed by atoms with Gasteiger partial charge in [0.15, 0.2) is 0 Å². The zero-order chi connectivity index (χ0) is 13.1. The number of aryl methyl sites for hydroxylation is 2. The van der Waals surface area contributed by atoms with Crippen LogP contribution in [0.25, 0.3) is 0 Å². The Morgan fingerprint density at radius 3 is 2.72 bits per heavy atom. The third kappa shape index (κ3) is 2.77. The molecule has 3 N–H and O–H groups in total. The Morgan fingerprint density at radius 2 is 2.17 bits per heavy atom. The van der Waals surface area contributed by atoms with Crippen LogP contribution >= 0.6 is 11.3 Å². The molecule has 96 valence electrons. The van der Waals surface area contributed by atoms with Crippen molar-refractivity contribution in [2.75, 3.05) is 0 Å². The minimum atomic E-state index is -0.194. The number of hydrogen-bond acceptors (Lipinski definition) is 3. The Balaban J connectivity index is 2.33. The third-order valence-electron chi connectivity index (χ3n) is 3.05. The van der Waals surface area contributed by atoms with Crippen molar-refractivity contribution in [2.24, 2.45) is 5.84 Å². The van der Waals surface area contributed by atoms with Gasteiger partial charge in [0.05, 0.1) is 6.04 Å². The summed E-state index contributed by atoms with van der Waals surface area (Å²) in [5.41, 5.74) is 6.42. The van der Waals surface area contributed by atoms with E-state index >= 15 is 0 Å². The second-order valence-corrected chi connectivity index (χ2v) is 5.31. The fourth-order valence-corrected chi connectivity index (χ4v) is 2.94. The van der Waals surface area contributed by atoms with Gasteiger partial charge in [0.2, 0.25) is 0 Å². The lowest BCUT2D eigenvalue weighted by atomic mass is 9.95. The molecule has 0 aliphatic rings. The Morgan fingerprint density at radius 1 is 1.39 bits per heavy atom. The van der Waals surface area contributed by atoms with E-state index in [-0.39, 0.29) is 11.9 Å². The molecule has 1 heterocycles. The molecule has 0 fully saturated rings. The van der Waals surface area contributed by atoms with Gasteiger partial charge in [0.1, 0.15) is 5.82 Å². The molecule has 2 aromatic rings. The number of nitrogens with one attached hydrogen (secondary N) is 1. The normalized spacial score (nSPS) is 12.7. The van der Waals surface area contributed by atoms with Crippen LogP contribution in [0.5, 0.6) is 0 Å². The number of nitrogens with two attached hydrogens (primary N) is 1. The van der Waals surface area contributed by atoms with Crippen molar-refractivity contribution in [1.82, 2.24) is 5.43 Å². The summed E-state index contributed by atoms with van der Waals surface area (Å²) >= 11 is 1.64. The second kappa shape index (κ2) is 5.61. The SMILES string of the molecule is Cc1cc(C)c(C(Cc2ccsc2)NN)c(F)c1. The number of rotatable bonds is 4. The van der Waals surface area contributed by atoms with Crippen LogP contribution in [0.4, 0.5) is 4.39 Å². The van der Waals surface area contributed by atoms with E-state index in [2.05, 4.69) is 10.8 Å². The highest BCUT2D eigenvalue weighted by atomic mass is 32.1. The lowest BCUT2D eigenvalue weighted by molar-refractivity contribution is 0.507. The minimum absolute atomic E-state index is 0.189. The summed E-state index contributed by atoms with van der Waals surface area (Å²) in [7, 11) is 0. The van der Waals surface area contributed by atoms with Crippen molar-refractivity contribution in [3.63, 3.8) is 0 Å². The van der Waals surface area contributed by atoms with Gasteiger partial charge in [0.25, 0.3) is 0 Å². The van der Waals surface area contributed by atoms with Crippen molar-refractivity contribution >= 4 is 11.3 Å². The van der Waals surface area contributed by atoms with Crippen LogP contribution in [0.3, 0.4) is 0 Å². The van der Waals surface area contributed by atoms with Crippen LogP contribution in [0.1, 0.15) is 28.3 Å². The minimum Gasteiger partial charge on any atom is -0.271 e. The van der Waals surface area contributed by atoms with Crippen molar-refractivity contribution in [2.45, 2.75) is 26.3 Å². The van der Waals surface area contributed by atoms with E-state index in [4.69, 9.17) is 5.84 Å².